The van der Waals surface area contributed by atoms with Gasteiger partial charge in [-0.05, 0) is 12.5 Å². The molecule has 0 aliphatic carbocycles. The zero-order valence-electron chi connectivity index (χ0n) is 13.3. The van der Waals surface area contributed by atoms with Gasteiger partial charge in [0.05, 0.1) is 28.6 Å². The van der Waals surface area contributed by atoms with Crippen LogP contribution in [-0.2, 0) is 14.6 Å². The summed E-state index contributed by atoms with van der Waals surface area (Å²) in [7, 11) is 0.263. The van der Waals surface area contributed by atoms with E-state index in [4.69, 9.17) is 0 Å². The monoisotopic (exact) mass is 354 g/mol. The summed E-state index contributed by atoms with van der Waals surface area (Å²) in [6.45, 7) is 0. The second kappa shape index (κ2) is 6.95. The van der Waals surface area contributed by atoms with E-state index in [0.717, 1.165) is 0 Å². The smallest absolute Gasteiger partial charge is 0.293 e. The second-order valence-corrected chi connectivity index (χ2v) is 7.96. The van der Waals surface area contributed by atoms with E-state index in [1.54, 1.807) is 31.1 Å². The minimum atomic E-state index is -3.14. The molecule has 10 heteroatoms. The van der Waals surface area contributed by atoms with Crippen LogP contribution < -0.4 is 10.3 Å². The number of amides is 1. The van der Waals surface area contributed by atoms with Gasteiger partial charge in [-0.1, -0.05) is 6.07 Å². The van der Waals surface area contributed by atoms with Crippen LogP contribution in [0.4, 0.5) is 11.4 Å². The highest BCUT2D eigenvalue weighted by molar-refractivity contribution is 7.91. The number of hydrogen-bond donors (Lipinski definition) is 1. The fourth-order valence-corrected chi connectivity index (χ4v) is 4.15. The third kappa shape index (κ3) is 4.28. The Bertz CT molecular complexity index is 788. The Morgan fingerprint density at radius 1 is 1.46 bits per heavy atom. The van der Waals surface area contributed by atoms with Gasteiger partial charge in [0, 0.05) is 25.7 Å². The van der Waals surface area contributed by atoms with Gasteiger partial charge in [-0.2, -0.15) is 5.10 Å². The van der Waals surface area contributed by atoms with Crippen LogP contribution in [0.15, 0.2) is 23.3 Å². The maximum atomic E-state index is 11.8. The molecular formula is C14H18N4O5S. The van der Waals surface area contributed by atoms with Crippen molar-refractivity contribution in [2.45, 2.75) is 6.42 Å². The van der Waals surface area contributed by atoms with Gasteiger partial charge in [0.2, 0.25) is 5.91 Å². The molecule has 1 N–H and O–H groups in total. The molecular weight excluding hydrogens is 336 g/mol. The normalized spacial score (nSPS) is 19.3. The number of nitrogens with one attached hydrogen (secondary N) is 1. The zero-order chi connectivity index (χ0) is 17.9. The second-order valence-electron chi connectivity index (χ2n) is 5.73. The lowest BCUT2D eigenvalue weighted by Gasteiger charge is -2.12. The third-order valence-electron chi connectivity index (χ3n) is 3.67. The van der Waals surface area contributed by atoms with Crippen molar-refractivity contribution in [1.29, 1.82) is 0 Å². The Hall–Kier alpha value is -2.49. The summed E-state index contributed by atoms with van der Waals surface area (Å²) in [6.07, 6.45) is 1.57. The summed E-state index contributed by atoms with van der Waals surface area (Å²) < 4.78 is 22.7. The van der Waals surface area contributed by atoms with E-state index >= 15 is 0 Å². The average Bonchev–Trinajstić information content (AvgIpc) is 2.87. The lowest BCUT2D eigenvalue weighted by molar-refractivity contribution is -0.384. The van der Waals surface area contributed by atoms with Crippen molar-refractivity contribution in [3.63, 3.8) is 0 Å². The van der Waals surface area contributed by atoms with Gasteiger partial charge in [0.1, 0.15) is 5.69 Å². The number of nitro groups is 1. The first-order valence-corrected chi connectivity index (χ1v) is 9.01. The molecule has 24 heavy (non-hydrogen) atoms. The van der Waals surface area contributed by atoms with Crippen LogP contribution in [0.3, 0.4) is 0 Å². The Kier molecular flexibility index (Phi) is 5.17. The van der Waals surface area contributed by atoms with E-state index in [-0.39, 0.29) is 23.6 Å². The van der Waals surface area contributed by atoms with Crippen molar-refractivity contribution in [3.8, 4) is 0 Å². The summed E-state index contributed by atoms with van der Waals surface area (Å²) in [6, 6.07) is 4.58. The minimum absolute atomic E-state index is 0.00694. The van der Waals surface area contributed by atoms with Gasteiger partial charge in [-0.15, -0.1) is 0 Å². The number of anilines is 1. The van der Waals surface area contributed by atoms with E-state index < -0.39 is 26.6 Å². The maximum absolute atomic E-state index is 11.8. The summed E-state index contributed by atoms with van der Waals surface area (Å²) >= 11 is 0. The van der Waals surface area contributed by atoms with Crippen LogP contribution in [0.5, 0.6) is 0 Å². The zero-order valence-corrected chi connectivity index (χ0v) is 14.1. The number of benzene rings is 1. The molecule has 1 heterocycles. The minimum Gasteiger partial charge on any atom is -0.372 e. The molecule has 0 saturated carbocycles. The van der Waals surface area contributed by atoms with Gasteiger partial charge < -0.3 is 4.90 Å². The summed E-state index contributed by atoms with van der Waals surface area (Å²) in [5.41, 5.74) is 3.12. The fraction of sp³-hybridized carbons (Fsp3) is 0.429. The number of nitro benzene ring substituents is 1. The highest BCUT2D eigenvalue weighted by Crippen LogP contribution is 2.27. The van der Waals surface area contributed by atoms with Crippen LogP contribution >= 0.6 is 0 Å². The molecule has 0 bridgehead atoms. The molecule has 1 saturated heterocycles. The van der Waals surface area contributed by atoms with Crippen LogP contribution in [0.2, 0.25) is 0 Å². The Labute approximate surface area is 139 Å². The van der Waals surface area contributed by atoms with E-state index in [2.05, 4.69) is 10.5 Å². The number of hydrazone groups is 1. The molecule has 2 rings (SSSR count). The van der Waals surface area contributed by atoms with Crippen LogP contribution in [-0.4, -0.2) is 51.1 Å². The molecule has 0 unspecified atom stereocenters. The van der Waals surface area contributed by atoms with Crippen molar-refractivity contribution < 1.29 is 18.1 Å². The fourth-order valence-electron chi connectivity index (χ4n) is 2.41. The number of rotatable bonds is 5. The number of carbonyl (C=O) groups is 1. The number of carbonyl (C=O) groups excluding carboxylic acids is 1. The highest BCUT2D eigenvalue weighted by Gasteiger charge is 2.32. The molecule has 1 amide bonds. The Balaban J connectivity index is 2.05. The predicted octanol–water partition coefficient (Wildman–Crippen LogP) is 0.546. The van der Waals surface area contributed by atoms with Gasteiger partial charge in [0.25, 0.3) is 5.69 Å². The third-order valence-corrected chi connectivity index (χ3v) is 5.44. The molecule has 0 spiro atoms. The van der Waals surface area contributed by atoms with Crippen molar-refractivity contribution in [2.24, 2.45) is 11.0 Å². The van der Waals surface area contributed by atoms with E-state index in [1.807, 2.05) is 0 Å². The maximum Gasteiger partial charge on any atom is 0.293 e. The molecule has 0 aromatic heterocycles. The number of hydrogen-bond acceptors (Lipinski definition) is 7. The van der Waals surface area contributed by atoms with Crippen LogP contribution in [0.25, 0.3) is 0 Å². The highest BCUT2D eigenvalue weighted by atomic mass is 32.2. The van der Waals surface area contributed by atoms with E-state index in [1.165, 1.54) is 12.3 Å². The summed E-state index contributed by atoms with van der Waals surface area (Å²) in [5.74, 6) is -1.23. The molecule has 1 aliphatic heterocycles. The molecule has 130 valence electrons. The molecule has 1 atom stereocenters. The topological polar surface area (TPSA) is 122 Å². The molecule has 1 aliphatic rings. The number of nitrogens with zero attached hydrogens (tertiary/aromatic N) is 3. The average molecular weight is 354 g/mol. The Morgan fingerprint density at radius 2 is 2.17 bits per heavy atom. The molecule has 1 aromatic rings. The van der Waals surface area contributed by atoms with Crippen molar-refractivity contribution in [3.05, 3.63) is 33.9 Å². The lowest BCUT2D eigenvalue weighted by Crippen LogP contribution is -2.27. The van der Waals surface area contributed by atoms with Gasteiger partial charge in [-0.25, -0.2) is 13.8 Å². The Morgan fingerprint density at radius 3 is 2.71 bits per heavy atom. The molecule has 9 nitrogen and oxygen atoms in total. The largest absolute Gasteiger partial charge is 0.372 e. The molecule has 1 aromatic carbocycles. The van der Waals surface area contributed by atoms with E-state index in [9.17, 15) is 23.3 Å². The standard InChI is InChI=1S/C14H18N4O5S/c1-17(2)12-4-3-10(7-13(12)18(20)21)8-15-16-14(19)11-5-6-24(22,23)9-11/h3-4,7-8,11H,5-6,9H2,1-2H3,(H,16,19)/b15-8-/t11-/m1/s1. The summed E-state index contributed by atoms with van der Waals surface area (Å²) in [5, 5.41) is 14.9. The van der Waals surface area contributed by atoms with Gasteiger partial charge >= 0.3 is 0 Å². The van der Waals surface area contributed by atoms with Crippen molar-refractivity contribution in [1.82, 2.24) is 5.43 Å². The van der Waals surface area contributed by atoms with Gasteiger partial charge in [0.15, 0.2) is 9.84 Å². The quantitative estimate of drug-likeness (QED) is 0.468. The lowest BCUT2D eigenvalue weighted by atomic mass is 10.1. The van der Waals surface area contributed by atoms with Crippen LogP contribution in [0.1, 0.15) is 12.0 Å². The van der Waals surface area contributed by atoms with E-state index in [0.29, 0.717) is 11.3 Å². The molecule has 0 radical (unpaired) electrons. The van der Waals surface area contributed by atoms with Crippen LogP contribution in [0, 0.1) is 16.0 Å². The first-order chi connectivity index (χ1) is 11.2. The first-order valence-electron chi connectivity index (χ1n) is 7.19. The summed E-state index contributed by atoms with van der Waals surface area (Å²) in [4.78, 5) is 24.1. The number of sulfone groups is 1. The SMILES string of the molecule is CN(C)c1ccc(/C=N\NC(=O)[C@@H]2CCS(=O)(=O)C2)cc1[N+](=O)[O-]. The first kappa shape index (κ1) is 17.9. The predicted molar refractivity (Wildman–Crippen MR) is 89.9 cm³/mol. The van der Waals surface area contributed by atoms with Gasteiger partial charge in [-0.3, -0.25) is 14.9 Å². The molecule has 1 fully saturated rings. The van der Waals surface area contributed by atoms with Crippen molar-refractivity contribution in [2.75, 3.05) is 30.5 Å². The van der Waals surface area contributed by atoms with Crippen molar-refractivity contribution >= 4 is 33.3 Å².